The van der Waals surface area contributed by atoms with Crippen molar-refractivity contribution in [2.75, 3.05) is 6.61 Å². The standard InChI is InChI=1S/C8H9N3O5/c1-5(12)16-6-3-10-7(11(13)14)2-9-8(10)15-4-6/h2,6H,3-4H2,1H3/t6-/m0/s1. The van der Waals surface area contributed by atoms with E-state index in [0.29, 0.717) is 0 Å². The summed E-state index contributed by atoms with van der Waals surface area (Å²) in [5, 5.41) is 10.6. The molecule has 1 aliphatic heterocycles. The first-order valence-electron chi connectivity index (χ1n) is 4.58. The lowest BCUT2D eigenvalue weighted by Crippen LogP contribution is -2.34. The van der Waals surface area contributed by atoms with Gasteiger partial charge in [-0.05, 0) is 4.92 Å². The van der Waals surface area contributed by atoms with Gasteiger partial charge in [-0.1, -0.05) is 0 Å². The van der Waals surface area contributed by atoms with Gasteiger partial charge < -0.3 is 19.6 Å². The molecule has 0 saturated heterocycles. The summed E-state index contributed by atoms with van der Waals surface area (Å²) in [6, 6.07) is 0.176. The maximum Gasteiger partial charge on any atom is 0.391 e. The highest BCUT2D eigenvalue weighted by atomic mass is 16.6. The number of rotatable bonds is 2. The van der Waals surface area contributed by atoms with Crippen LogP contribution in [0.5, 0.6) is 6.01 Å². The van der Waals surface area contributed by atoms with E-state index < -0.39 is 17.0 Å². The summed E-state index contributed by atoms with van der Waals surface area (Å²) in [6.45, 7) is 1.62. The summed E-state index contributed by atoms with van der Waals surface area (Å²) in [4.78, 5) is 24.6. The molecule has 0 aliphatic carbocycles. The summed E-state index contributed by atoms with van der Waals surface area (Å²) in [5.74, 6) is -0.619. The number of hydrogen-bond acceptors (Lipinski definition) is 6. The van der Waals surface area contributed by atoms with Crippen LogP contribution < -0.4 is 4.74 Å². The smallest absolute Gasteiger partial charge is 0.391 e. The number of nitro groups is 1. The predicted molar refractivity (Wildman–Crippen MR) is 49.9 cm³/mol. The maximum absolute atomic E-state index is 10.7. The van der Waals surface area contributed by atoms with Crippen molar-refractivity contribution in [3.8, 4) is 6.01 Å². The third-order valence-electron chi connectivity index (χ3n) is 2.10. The number of ether oxygens (including phenoxy) is 2. The van der Waals surface area contributed by atoms with Gasteiger partial charge >= 0.3 is 17.8 Å². The Morgan fingerprint density at radius 3 is 3.19 bits per heavy atom. The molecule has 1 aliphatic rings. The van der Waals surface area contributed by atoms with Crippen LogP contribution in [0.25, 0.3) is 0 Å². The minimum atomic E-state index is -0.560. The number of carbonyl (C=O) groups excluding carboxylic acids is 1. The monoisotopic (exact) mass is 227 g/mol. The Balaban J connectivity index is 2.20. The fourth-order valence-electron chi connectivity index (χ4n) is 1.51. The number of esters is 1. The SMILES string of the molecule is CC(=O)O[C@@H]1COc2ncc([N+](=O)[O-])n2C1. The molecule has 0 N–H and O–H groups in total. The lowest BCUT2D eigenvalue weighted by atomic mass is 10.3. The van der Waals surface area contributed by atoms with Gasteiger partial charge in [0.2, 0.25) is 0 Å². The Hall–Kier alpha value is -2.12. The third-order valence-corrected chi connectivity index (χ3v) is 2.10. The van der Waals surface area contributed by atoms with Crippen molar-refractivity contribution in [2.45, 2.75) is 19.6 Å². The molecule has 2 rings (SSSR count). The van der Waals surface area contributed by atoms with E-state index in [4.69, 9.17) is 9.47 Å². The first kappa shape index (κ1) is 10.4. The summed E-state index contributed by atoms with van der Waals surface area (Å²) < 4.78 is 11.3. The van der Waals surface area contributed by atoms with Crippen LogP contribution in [0.4, 0.5) is 5.82 Å². The van der Waals surface area contributed by atoms with Crippen LogP contribution in [-0.4, -0.2) is 33.2 Å². The molecule has 1 atom stereocenters. The van der Waals surface area contributed by atoms with Gasteiger partial charge in [-0.15, -0.1) is 0 Å². The number of imidazole rings is 1. The fraction of sp³-hybridized carbons (Fsp3) is 0.500. The van der Waals surface area contributed by atoms with Crippen LogP contribution in [0, 0.1) is 10.1 Å². The van der Waals surface area contributed by atoms with Crippen LogP contribution in [-0.2, 0) is 16.1 Å². The molecule has 0 spiro atoms. The predicted octanol–water partition coefficient (Wildman–Crippen LogP) is 0.115. The molecule has 1 aromatic rings. The van der Waals surface area contributed by atoms with Gasteiger partial charge in [0.1, 0.15) is 19.3 Å². The maximum atomic E-state index is 10.7. The minimum absolute atomic E-state index is 0.160. The molecule has 0 bridgehead atoms. The van der Waals surface area contributed by atoms with Gasteiger partial charge in [0.05, 0.1) is 0 Å². The van der Waals surface area contributed by atoms with E-state index in [2.05, 4.69) is 4.98 Å². The molecule has 8 nitrogen and oxygen atoms in total. The molecule has 0 radical (unpaired) electrons. The Labute approximate surface area is 89.9 Å². The van der Waals surface area contributed by atoms with Crippen LogP contribution >= 0.6 is 0 Å². The number of fused-ring (bicyclic) bond motifs is 1. The van der Waals surface area contributed by atoms with E-state index in [-0.39, 0.29) is 25.0 Å². The average molecular weight is 227 g/mol. The van der Waals surface area contributed by atoms with Crippen molar-refractivity contribution in [3.05, 3.63) is 16.3 Å². The van der Waals surface area contributed by atoms with Crippen molar-refractivity contribution in [2.24, 2.45) is 0 Å². The lowest BCUT2D eigenvalue weighted by molar-refractivity contribution is -0.392. The van der Waals surface area contributed by atoms with Crippen molar-refractivity contribution in [1.29, 1.82) is 0 Å². The molecular formula is C8H9N3O5. The van der Waals surface area contributed by atoms with Crippen molar-refractivity contribution >= 4 is 11.8 Å². The highest BCUT2D eigenvalue weighted by molar-refractivity contribution is 5.66. The van der Waals surface area contributed by atoms with E-state index in [0.717, 1.165) is 6.20 Å². The molecule has 0 fully saturated rings. The summed E-state index contributed by atoms with van der Waals surface area (Å²) >= 11 is 0. The van der Waals surface area contributed by atoms with Crippen LogP contribution in [0.3, 0.4) is 0 Å². The van der Waals surface area contributed by atoms with Crippen LogP contribution in [0.1, 0.15) is 6.92 Å². The molecule has 0 unspecified atom stereocenters. The first-order chi connectivity index (χ1) is 7.58. The zero-order valence-electron chi connectivity index (χ0n) is 8.45. The highest BCUT2D eigenvalue weighted by Crippen LogP contribution is 2.24. The molecule has 16 heavy (non-hydrogen) atoms. The second-order valence-electron chi connectivity index (χ2n) is 3.31. The number of aromatic nitrogens is 2. The van der Waals surface area contributed by atoms with Crippen molar-refractivity contribution < 1.29 is 19.2 Å². The second kappa shape index (κ2) is 3.80. The summed E-state index contributed by atoms with van der Waals surface area (Å²) in [5.41, 5.74) is 0. The number of hydrogen-bond donors (Lipinski definition) is 0. The molecule has 8 heteroatoms. The molecule has 1 aromatic heterocycles. The topological polar surface area (TPSA) is 96.5 Å². The van der Waals surface area contributed by atoms with E-state index >= 15 is 0 Å². The zero-order chi connectivity index (χ0) is 11.7. The Morgan fingerprint density at radius 2 is 2.56 bits per heavy atom. The fourth-order valence-corrected chi connectivity index (χ4v) is 1.51. The van der Waals surface area contributed by atoms with Crippen molar-refractivity contribution in [1.82, 2.24) is 9.55 Å². The van der Waals surface area contributed by atoms with Gasteiger partial charge in [-0.3, -0.25) is 4.79 Å². The summed E-state index contributed by atoms with van der Waals surface area (Å²) in [7, 11) is 0. The molecule has 0 aromatic carbocycles. The van der Waals surface area contributed by atoms with E-state index in [9.17, 15) is 14.9 Å². The van der Waals surface area contributed by atoms with Gasteiger partial charge in [0.15, 0.2) is 6.10 Å². The van der Waals surface area contributed by atoms with E-state index in [1.54, 1.807) is 0 Å². The Morgan fingerprint density at radius 1 is 1.81 bits per heavy atom. The van der Waals surface area contributed by atoms with Gasteiger partial charge in [0.25, 0.3) is 0 Å². The molecule has 2 heterocycles. The molecular weight excluding hydrogens is 218 g/mol. The van der Waals surface area contributed by atoms with Gasteiger partial charge in [0, 0.05) is 6.92 Å². The van der Waals surface area contributed by atoms with E-state index in [1.807, 2.05) is 0 Å². The average Bonchev–Trinajstić information content (AvgIpc) is 2.59. The number of nitrogens with zero attached hydrogens (tertiary/aromatic N) is 3. The normalized spacial score (nSPS) is 18.4. The first-order valence-corrected chi connectivity index (χ1v) is 4.58. The minimum Gasteiger partial charge on any atom is -0.455 e. The third kappa shape index (κ3) is 1.81. The number of carbonyl (C=O) groups is 1. The zero-order valence-corrected chi connectivity index (χ0v) is 8.45. The second-order valence-corrected chi connectivity index (χ2v) is 3.31. The Kier molecular flexibility index (Phi) is 2.47. The largest absolute Gasteiger partial charge is 0.455 e. The Bertz CT molecular complexity index is 441. The molecule has 0 amide bonds. The van der Waals surface area contributed by atoms with Crippen LogP contribution in [0.2, 0.25) is 0 Å². The molecule has 86 valence electrons. The van der Waals surface area contributed by atoms with Crippen molar-refractivity contribution in [3.63, 3.8) is 0 Å². The van der Waals surface area contributed by atoms with Crippen LogP contribution in [0.15, 0.2) is 6.20 Å². The summed E-state index contributed by atoms with van der Waals surface area (Å²) in [6.07, 6.45) is 0.601. The quantitative estimate of drug-likeness (QED) is 0.404. The molecule has 0 saturated carbocycles. The van der Waals surface area contributed by atoms with Gasteiger partial charge in [-0.25, -0.2) is 0 Å². The highest BCUT2D eigenvalue weighted by Gasteiger charge is 2.31. The van der Waals surface area contributed by atoms with E-state index in [1.165, 1.54) is 11.5 Å². The van der Waals surface area contributed by atoms with Gasteiger partial charge in [-0.2, -0.15) is 9.55 Å². The lowest BCUT2D eigenvalue weighted by Gasteiger charge is -2.20.